The number of carbonyl (C=O) groups excluding carboxylic acids is 1. The fraction of sp³-hybridized carbons (Fsp3) is 0. The van der Waals surface area contributed by atoms with Crippen LogP contribution < -0.4 is 0 Å². The Balaban J connectivity index is 2.94. The number of carbonyl (C=O) groups is 1. The molecule has 0 fully saturated rings. The molecule has 0 spiro atoms. The SMILES string of the molecule is O=Cc1cc(Cl)c2ccccc2c1Cl. The maximum atomic E-state index is 10.7. The van der Waals surface area contributed by atoms with E-state index in [1.807, 2.05) is 24.3 Å². The van der Waals surface area contributed by atoms with Gasteiger partial charge in [0.2, 0.25) is 0 Å². The molecule has 0 atom stereocenters. The van der Waals surface area contributed by atoms with Crippen LogP contribution in [0, 0.1) is 0 Å². The second-order valence-electron chi connectivity index (χ2n) is 2.93. The summed E-state index contributed by atoms with van der Waals surface area (Å²) in [5, 5.41) is 2.68. The lowest BCUT2D eigenvalue weighted by molar-refractivity contribution is 0.112. The van der Waals surface area contributed by atoms with E-state index in [0.717, 1.165) is 10.8 Å². The lowest BCUT2D eigenvalue weighted by atomic mass is 10.1. The van der Waals surface area contributed by atoms with Crippen LogP contribution in [0.1, 0.15) is 10.4 Å². The average Bonchev–Trinajstić information content (AvgIpc) is 2.23. The van der Waals surface area contributed by atoms with E-state index in [2.05, 4.69) is 0 Å². The fourth-order valence-corrected chi connectivity index (χ4v) is 1.95. The number of fused-ring (bicyclic) bond motifs is 1. The molecular weight excluding hydrogens is 219 g/mol. The molecule has 2 aromatic rings. The monoisotopic (exact) mass is 224 g/mol. The molecule has 0 bridgehead atoms. The van der Waals surface area contributed by atoms with Crippen LogP contribution in [0.15, 0.2) is 30.3 Å². The molecule has 0 saturated carbocycles. The Hall–Kier alpha value is -1.05. The molecule has 0 heterocycles. The van der Waals surface area contributed by atoms with E-state index in [-0.39, 0.29) is 0 Å². The molecule has 0 unspecified atom stereocenters. The van der Waals surface area contributed by atoms with E-state index in [9.17, 15) is 4.79 Å². The third-order valence-corrected chi connectivity index (χ3v) is 2.82. The van der Waals surface area contributed by atoms with E-state index < -0.39 is 0 Å². The molecule has 0 N–H and O–H groups in total. The van der Waals surface area contributed by atoms with Crippen LogP contribution in [-0.4, -0.2) is 6.29 Å². The zero-order valence-corrected chi connectivity index (χ0v) is 8.64. The van der Waals surface area contributed by atoms with E-state index >= 15 is 0 Å². The molecule has 2 aromatic carbocycles. The summed E-state index contributed by atoms with van der Waals surface area (Å²) >= 11 is 12.0. The van der Waals surface area contributed by atoms with Crippen molar-refractivity contribution in [3.8, 4) is 0 Å². The van der Waals surface area contributed by atoms with Crippen molar-refractivity contribution in [2.24, 2.45) is 0 Å². The molecule has 0 aliphatic heterocycles. The minimum atomic E-state index is 0.426. The first-order chi connectivity index (χ1) is 6.74. The number of aldehydes is 1. The molecule has 0 saturated heterocycles. The summed E-state index contributed by atoms with van der Waals surface area (Å²) in [7, 11) is 0. The van der Waals surface area contributed by atoms with Crippen LogP contribution in [0.2, 0.25) is 10.0 Å². The van der Waals surface area contributed by atoms with Crippen molar-refractivity contribution in [1.82, 2.24) is 0 Å². The summed E-state index contributed by atoms with van der Waals surface area (Å²) in [4.78, 5) is 10.7. The van der Waals surface area contributed by atoms with Gasteiger partial charge in [-0.25, -0.2) is 0 Å². The van der Waals surface area contributed by atoms with Gasteiger partial charge in [0, 0.05) is 21.4 Å². The highest BCUT2D eigenvalue weighted by atomic mass is 35.5. The maximum Gasteiger partial charge on any atom is 0.151 e. The molecule has 0 aliphatic rings. The Morgan fingerprint density at radius 3 is 2.36 bits per heavy atom. The topological polar surface area (TPSA) is 17.1 Å². The Labute approximate surface area is 91.2 Å². The van der Waals surface area contributed by atoms with Gasteiger partial charge in [-0.3, -0.25) is 4.79 Å². The summed E-state index contributed by atoms with van der Waals surface area (Å²) in [6.45, 7) is 0. The normalized spacial score (nSPS) is 10.4. The molecule has 1 nitrogen and oxygen atoms in total. The fourth-order valence-electron chi connectivity index (χ4n) is 1.40. The molecule has 70 valence electrons. The van der Waals surface area contributed by atoms with Crippen molar-refractivity contribution in [3.63, 3.8) is 0 Å². The van der Waals surface area contributed by atoms with E-state index in [4.69, 9.17) is 23.2 Å². The summed E-state index contributed by atoms with van der Waals surface area (Å²) in [5.74, 6) is 0. The first-order valence-corrected chi connectivity index (χ1v) is 4.81. The van der Waals surface area contributed by atoms with Gasteiger partial charge in [0.05, 0.1) is 5.02 Å². The minimum absolute atomic E-state index is 0.426. The van der Waals surface area contributed by atoms with Crippen molar-refractivity contribution < 1.29 is 4.79 Å². The lowest BCUT2D eigenvalue weighted by Crippen LogP contribution is -1.85. The summed E-state index contributed by atoms with van der Waals surface area (Å²) in [6.07, 6.45) is 0.709. The van der Waals surface area contributed by atoms with Crippen molar-refractivity contribution in [3.05, 3.63) is 45.9 Å². The molecule has 0 radical (unpaired) electrons. The predicted molar refractivity (Wildman–Crippen MR) is 59.4 cm³/mol. The van der Waals surface area contributed by atoms with E-state index in [0.29, 0.717) is 21.9 Å². The molecule has 14 heavy (non-hydrogen) atoms. The van der Waals surface area contributed by atoms with Gasteiger partial charge in [-0.05, 0) is 6.07 Å². The highest BCUT2D eigenvalue weighted by Gasteiger charge is 2.07. The van der Waals surface area contributed by atoms with Crippen molar-refractivity contribution in [1.29, 1.82) is 0 Å². The third-order valence-electron chi connectivity index (χ3n) is 2.08. The van der Waals surface area contributed by atoms with Crippen LogP contribution in [0.5, 0.6) is 0 Å². The van der Waals surface area contributed by atoms with Crippen LogP contribution in [0.4, 0.5) is 0 Å². The van der Waals surface area contributed by atoms with E-state index in [1.54, 1.807) is 6.07 Å². The summed E-state index contributed by atoms with van der Waals surface area (Å²) in [5.41, 5.74) is 0.426. The third kappa shape index (κ3) is 1.39. The first kappa shape index (κ1) is 9.50. The van der Waals surface area contributed by atoms with Gasteiger partial charge in [0.25, 0.3) is 0 Å². The average molecular weight is 225 g/mol. The molecule has 0 amide bonds. The number of hydrogen-bond acceptors (Lipinski definition) is 1. The predicted octanol–water partition coefficient (Wildman–Crippen LogP) is 3.96. The quantitative estimate of drug-likeness (QED) is 0.671. The lowest BCUT2D eigenvalue weighted by Gasteiger charge is -2.04. The zero-order chi connectivity index (χ0) is 10.1. The van der Waals surface area contributed by atoms with Gasteiger partial charge in [-0.2, -0.15) is 0 Å². The maximum absolute atomic E-state index is 10.7. The minimum Gasteiger partial charge on any atom is -0.298 e. The second-order valence-corrected chi connectivity index (χ2v) is 3.71. The summed E-state index contributed by atoms with van der Waals surface area (Å²) < 4.78 is 0. The highest BCUT2D eigenvalue weighted by molar-refractivity contribution is 6.42. The Kier molecular flexibility index (Phi) is 2.44. The number of halogens is 2. The van der Waals surface area contributed by atoms with Crippen LogP contribution >= 0.6 is 23.2 Å². The van der Waals surface area contributed by atoms with Crippen LogP contribution in [-0.2, 0) is 0 Å². The molecule has 0 aliphatic carbocycles. The zero-order valence-electron chi connectivity index (χ0n) is 7.13. The van der Waals surface area contributed by atoms with Crippen molar-refractivity contribution >= 4 is 40.3 Å². The van der Waals surface area contributed by atoms with Gasteiger partial charge in [-0.15, -0.1) is 0 Å². The largest absolute Gasteiger partial charge is 0.298 e. The number of hydrogen-bond donors (Lipinski definition) is 0. The van der Waals surface area contributed by atoms with Gasteiger partial charge in [0.15, 0.2) is 6.29 Å². The van der Waals surface area contributed by atoms with Crippen molar-refractivity contribution in [2.45, 2.75) is 0 Å². The highest BCUT2D eigenvalue weighted by Crippen LogP contribution is 2.31. The molecule has 0 aromatic heterocycles. The van der Waals surface area contributed by atoms with Crippen LogP contribution in [0.25, 0.3) is 10.8 Å². The van der Waals surface area contributed by atoms with Gasteiger partial charge in [0.1, 0.15) is 0 Å². The standard InChI is InChI=1S/C11H6Cl2O/c12-10-5-7(6-14)11(13)9-4-2-1-3-8(9)10/h1-6H. The van der Waals surface area contributed by atoms with Crippen molar-refractivity contribution in [2.75, 3.05) is 0 Å². The second kappa shape index (κ2) is 3.60. The Morgan fingerprint density at radius 2 is 1.71 bits per heavy atom. The molecule has 3 heteroatoms. The van der Waals surface area contributed by atoms with Gasteiger partial charge >= 0.3 is 0 Å². The number of benzene rings is 2. The Bertz CT molecular complexity index is 506. The smallest absolute Gasteiger partial charge is 0.151 e. The molecular formula is C11H6Cl2O. The van der Waals surface area contributed by atoms with Gasteiger partial charge in [-0.1, -0.05) is 47.5 Å². The summed E-state index contributed by atoms with van der Waals surface area (Å²) in [6, 6.07) is 9.04. The van der Waals surface area contributed by atoms with E-state index in [1.165, 1.54) is 0 Å². The molecule has 2 rings (SSSR count). The number of rotatable bonds is 1. The Morgan fingerprint density at radius 1 is 1.07 bits per heavy atom. The van der Waals surface area contributed by atoms with Crippen LogP contribution in [0.3, 0.4) is 0 Å². The first-order valence-electron chi connectivity index (χ1n) is 4.06. The van der Waals surface area contributed by atoms with Gasteiger partial charge < -0.3 is 0 Å².